The number of aromatic carboxylic acids is 1. The Kier molecular flexibility index (Phi) is 4.45. The Balaban J connectivity index is 2.29. The number of carbonyl (C=O) groups is 1. The van der Waals surface area contributed by atoms with Crippen molar-refractivity contribution < 1.29 is 9.90 Å². The molecular formula is C16H16BrNO2. The second-order valence-electron chi connectivity index (χ2n) is 4.81. The van der Waals surface area contributed by atoms with Crippen molar-refractivity contribution >= 4 is 27.6 Å². The van der Waals surface area contributed by atoms with Gasteiger partial charge in [-0.15, -0.1) is 0 Å². The van der Waals surface area contributed by atoms with E-state index in [9.17, 15) is 9.90 Å². The van der Waals surface area contributed by atoms with E-state index in [1.54, 1.807) is 6.07 Å². The highest BCUT2D eigenvalue weighted by atomic mass is 79.9. The van der Waals surface area contributed by atoms with Crippen LogP contribution in [0.1, 0.15) is 21.5 Å². The molecule has 4 heteroatoms. The van der Waals surface area contributed by atoms with Crippen molar-refractivity contribution in [3.8, 4) is 0 Å². The van der Waals surface area contributed by atoms with Crippen LogP contribution < -0.4 is 4.90 Å². The zero-order valence-electron chi connectivity index (χ0n) is 11.4. The Hall–Kier alpha value is -1.81. The maximum Gasteiger partial charge on any atom is 0.337 e. The van der Waals surface area contributed by atoms with Crippen LogP contribution in [0, 0.1) is 6.92 Å². The van der Waals surface area contributed by atoms with Gasteiger partial charge in [-0.1, -0.05) is 45.8 Å². The number of hydrogen-bond donors (Lipinski definition) is 1. The van der Waals surface area contributed by atoms with E-state index in [-0.39, 0.29) is 0 Å². The molecule has 0 radical (unpaired) electrons. The van der Waals surface area contributed by atoms with Crippen molar-refractivity contribution in [1.29, 1.82) is 0 Å². The summed E-state index contributed by atoms with van der Waals surface area (Å²) in [5.41, 5.74) is 3.37. The summed E-state index contributed by atoms with van der Waals surface area (Å²) in [7, 11) is 1.90. The summed E-state index contributed by atoms with van der Waals surface area (Å²) >= 11 is 3.31. The summed E-state index contributed by atoms with van der Waals surface area (Å²) in [6, 6.07) is 13.5. The normalized spacial score (nSPS) is 10.3. The minimum Gasteiger partial charge on any atom is -0.478 e. The lowest BCUT2D eigenvalue weighted by molar-refractivity contribution is 0.0697. The van der Waals surface area contributed by atoms with E-state index in [1.165, 1.54) is 5.56 Å². The number of anilines is 1. The lowest BCUT2D eigenvalue weighted by atomic mass is 10.1. The molecule has 3 nitrogen and oxygen atoms in total. The number of nitrogens with zero attached hydrogens (tertiary/aromatic N) is 1. The highest BCUT2D eigenvalue weighted by molar-refractivity contribution is 9.10. The summed E-state index contributed by atoms with van der Waals surface area (Å²) in [6.07, 6.45) is 0. The van der Waals surface area contributed by atoms with Crippen LogP contribution in [-0.4, -0.2) is 18.1 Å². The average molecular weight is 334 g/mol. The highest BCUT2D eigenvalue weighted by Gasteiger charge is 2.14. The monoisotopic (exact) mass is 333 g/mol. The Morgan fingerprint density at radius 2 is 2.00 bits per heavy atom. The maximum atomic E-state index is 11.3. The lowest BCUT2D eigenvalue weighted by Gasteiger charge is -2.21. The standard InChI is InChI=1S/C16H16BrNO2/c1-11-4-3-5-12(8-11)10-18(2)15-7-6-13(17)9-14(15)16(19)20/h3-9H,10H2,1-2H3,(H,19,20). The largest absolute Gasteiger partial charge is 0.478 e. The Morgan fingerprint density at radius 1 is 1.25 bits per heavy atom. The molecule has 0 unspecified atom stereocenters. The van der Waals surface area contributed by atoms with Crippen LogP contribution >= 0.6 is 15.9 Å². The fourth-order valence-corrected chi connectivity index (χ4v) is 2.54. The van der Waals surface area contributed by atoms with Crippen LogP contribution in [0.3, 0.4) is 0 Å². The number of rotatable bonds is 4. The van der Waals surface area contributed by atoms with Crippen LogP contribution in [0.2, 0.25) is 0 Å². The Morgan fingerprint density at radius 3 is 2.65 bits per heavy atom. The quantitative estimate of drug-likeness (QED) is 0.915. The van der Waals surface area contributed by atoms with Crippen molar-refractivity contribution in [1.82, 2.24) is 0 Å². The maximum absolute atomic E-state index is 11.3. The van der Waals surface area contributed by atoms with Crippen LogP contribution in [0.25, 0.3) is 0 Å². The van der Waals surface area contributed by atoms with Gasteiger partial charge in [0.1, 0.15) is 0 Å². The molecule has 0 aliphatic rings. The van der Waals surface area contributed by atoms with Gasteiger partial charge >= 0.3 is 5.97 Å². The molecule has 0 heterocycles. The van der Waals surface area contributed by atoms with Gasteiger partial charge in [0, 0.05) is 18.1 Å². The van der Waals surface area contributed by atoms with Crippen molar-refractivity contribution in [3.05, 3.63) is 63.6 Å². The molecule has 0 fully saturated rings. The third-order valence-corrected chi connectivity index (χ3v) is 3.60. The molecule has 2 aromatic rings. The molecule has 0 spiro atoms. The van der Waals surface area contributed by atoms with E-state index in [0.29, 0.717) is 17.8 Å². The van der Waals surface area contributed by atoms with Crippen LogP contribution in [0.5, 0.6) is 0 Å². The minimum atomic E-state index is -0.919. The summed E-state index contributed by atoms with van der Waals surface area (Å²) in [5, 5.41) is 9.30. The molecule has 0 saturated heterocycles. The van der Waals surface area contributed by atoms with Crippen molar-refractivity contribution in [3.63, 3.8) is 0 Å². The molecule has 0 bridgehead atoms. The number of aryl methyl sites for hydroxylation is 1. The fourth-order valence-electron chi connectivity index (χ4n) is 2.18. The Bertz CT molecular complexity index is 640. The second-order valence-corrected chi connectivity index (χ2v) is 5.73. The van der Waals surface area contributed by atoms with Gasteiger partial charge in [-0.2, -0.15) is 0 Å². The van der Waals surface area contributed by atoms with Gasteiger partial charge in [-0.3, -0.25) is 0 Å². The molecule has 2 aromatic carbocycles. The van der Waals surface area contributed by atoms with E-state index >= 15 is 0 Å². The zero-order chi connectivity index (χ0) is 14.7. The smallest absolute Gasteiger partial charge is 0.337 e. The summed E-state index contributed by atoms with van der Waals surface area (Å²) in [4.78, 5) is 13.3. The number of carboxylic acid groups (broad SMARTS) is 1. The lowest BCUT2D eigenvalue weighted by Crippen LogP contribution is -2.19. The third-order valence-electron chi connectivity index (χ3n) is 3.10. The van der Waals surface area contributed by atoms with Gasteiger partial charge in [0.2, 0.25) is 0 Å². The van der Waals surface area contributed by atoms with Crippen molar-refractivity contribution in [2.45, 2.75) is 13.5 Å². The van der Waals surface area contributed by atoms with Gasteiger partial charge in [0.05, 0.1) is 11.3 Å². The van der Waals surface area contributed by atoms with Crippen molar-refractivity contribution in [2.75, 3.05) is 11.9 Å². The number of hydrogen-bond acceptors (Lipinski definition) is 2. The van der Waals surface area contributed by atoms with Crippen LogP contribution in [-0.2, 0) is 6.54 Å². The zero-order valence-corrected chi connectivity index (χ0v) is 13.0. The molecule has 2 rings (SSSR count). The van der Waals surface area contributed by atoms with Gasteiger partial charge in [-0.05, 0) is 30.7 Å². The van der Waals surface area contributed by atoms with Gasteiger partial charge < -0.3 is 10.0 Å². The summed E-state index contributed by atoms with van der Waals surface area (Å²) in [5.74, 6) is -0.919. The van der Waals surface area contributed by atoms with Gasteiger partial charge in [0.25, 0.3) is 0 Å². The number of halogens is 1. The molecule has 0 aromatic heterocycles. The molecule has 104 valence electrons. The van der Waals surface area contributed by atoms with Crippen LogP contribution in [0.4, 0.5) is 5.69 Å². The average Bonchev–Trinajstić information content (AvgIpc) is 2.38. The van der Waals surface area contributed by atoms with E-state index in [4.69, 9.17) is 0 Å². The predicted molar refractivity (Wildman–Crippen MR) is 84.4 cm³/mol. The number of carboxylic acids is 1. The highest BCUT2D eigenvalue weighted by Crippen LogP contribution is 2.25. The van der Waals surface area contributed by atoms with E-state index in [1.807, 2.05) is 49.2 Å². The van der Waals surface area contributed by atoms with Gasteiger partial charge in [-0.25, -0.2) is 4.79 Å². The minimum absolute atomic E-state index is 0.300. The summed E-state index contributed by atoms with van der Waals surface area (Å²) < 4.78 is 0.766. The summed E-state index contributed by atoms with van der Waals surface area (Å²) in [6.45, 7) is 2.72. The first-order chi connectivity index (χ1) is 9.47. The van der Waals surface area contributed by atoms with Crippen LogP contribution in [0.15, 0.2) is 46.9 Å². The topological polar surface area (TPSA) is 40.5 Å². The molecular weight excluding hydrogens is 318 g/mol. The third kappa shape index (κ3) is 3.39. The van der Waals surface area contributed by atoms with E-state index < -0.39 is 5.97 Å². The molecule has 0 atom stereocenters. The predicted octanol–water partition coefficient (Wildman–Crippen LogP) is 4.09. The van der Waals surface area contributed by atoms with Gasteiger partial charge in [0.15, 0.2) is 0 Å². The molecule has 0 saturated carbocycles. The second kappa shape index (κ2) is 6.09. The first-order valence-electron chi connectivity index (χ1n) is 6.27. The molecule has 0 aliphatic carbocycles. The van der Waals surface area contributed by atoms with Crippen molar-refractivity contribution in [2.24, 2.45) is 0 Å². The molecule has 0 aliphatic heterocycles. The SMILES string of the molecule is Cc1cccc(CN(C)c2ccc(Br)cc2C(=O)O)c1. The first-order valence-corrected chi connectivity index (χ1v) is 7.06. The Labute approximate surface area is 127 Å². The number of benzene rings is 2. The molecule has 0 amide bonds. The molecule has 1 N–H and O–H groups in total. The first kappa shape index (κ1) is 14.6. The van der Waals surface area contributed by atoms with E-state index in [2.05, 4.69) is 22.0 Å². The molecule has 20 heavy (non-hydrogen) atoms. The fraction of sp³-hybridized carbons (Fsp3) is 0.188. The van der Waals surface area contributed by atoms with E-state index in [0.717, 1.165) is 10.0 Å².